The van der Waals surface area contributed by atoms with Crippen LogP contribution in [0.1, 0.15) is 47.0 Å². The Balaban J connectivity index is 0. The van der Waals surface area contributed by atoms with Gasteiger partial charge in [-0.1, -0.05) is 13.3 Å². The van der Waals surface area contributed by atoms with Crippen LogP contribution >= 0.6 is 25.3 Å². The van der Waals surface area contributed by atoms with Gasteiger partial charge in [0.25, 0.3) is 0 Å². The van der Waals surface area contributed by atoms with E-state index in [9.17, 15) is 4.79 Å². The predicted molar refractivity (Wildman–Crippen MR) is 107 cm³/mol. The van der Waals surface area contributed by atoms with E-state index in [1.165, 1.54) is 0 Å². The normalized spacial score (nSPS) is 10.7. The SMILES string of the molecule is CCCCN(CCS)C(=O)OC(C)(C)C.NCCCNCCS. The lowest BCUT2D eigenvalue weighted by Crippen LogP contribution is -2.38. The van der Waals surface area contributed by atoms with E-state index in [-0.39, 0.29) is 6.09 Å². The van der Waals surface area contributed by atoms with Crippen molar-refractivity contribution in [3.63, 3.8) is 0 Å². The highest BCUT2D eigenvalue weighted by Crippen LogP contribution is 2.10. The van der Waals surface area contributed by atoms with Crippen LogP contribution in [0.5, 0.6) is 0 Å². The van der Waals surface area contributed by atoms with E-state index in [1.807, 2.05) is 20.8 Å². The Morgan fingerprint density at radius 1 is 1.13 bits per heavy atom. The Morgan fingerprint density at radius 2 is 1.78 bits per heavy atom. The molecule has 0 aromatic rings. The number of thiol groups is 2. The molecular weight excluding hydrogens is 330 g/mol. The molecular formula is C16H37N3O2S2. The summed E-state index contributed by atoms with van der Waals surface area (Å²) in [5, 5.41) is 3.18. The molecule has 0 saturated heterocycles. The van der Waals surface area contributed by atoms with Crippen molar-refractivity contribution in [2.75, 3.05) is 44.2 Å². The number of nitrogens with two attached hydrogens (primary N) is 1. The van der Waals surface area contributed by atoms with Gasteiger partial charge >= 0.3 is 6.09 Å². The van der Waals surface area contributed by atoms with Crippen LogP contribution in [0.2, 0.25) is 0 Å². The number of hydrogen-bond donors (Lipinski definition) is 4. The quantitative estimate of drug-likeness (QED) is 0.354. The summed E-state index contributed by atoms with van der Waals surface area (Å²) in [6, 6.07) is 0. The lowest BCUT2D eigenvalue weighted by atomic mass is 10.2. The number of unbranched alkanes of at least 4 members (excludes halogenated alkanes) is 1. The van der Waals surface area contributed by atoms with Crippen LogP contribution in [0.15, 0.2) is 0 Å². The monoisotopic (exact) mass is 367 g/mol. The van der Waals surface area contributed by atoms with Gasteiger partial charge in [0.05, 0.1) is 0 Å². The third kappa shape index (κ3) is 19.8. The predicted octanol–water partition coefficient (Wildman–Crippen LogP) is 2.81. The van der Waals surface area contributed by atoms with Crippen molar-refractivity contribution < 1.29 is 9.53 Å². The Hall–Kier alpha value is -0.110. The summed E-state index contributed by atoms with van der Waals surface area (Å²) in [6.45, 7) is 11.9. The van der Waals surface area contributed by atoms with Crippen LogP contribution in [-0.2, 0) is 4.74 Å². The molecule has 0 aromatic carbocycles. The van der Waals surface area contributed by atoms with E-state index in [4.69, 9.17) is 10.5 Å². The average molecular weight is 368 g/mol. The van der Waals surface area contributed by atoms with E-state index in [2.05, 4.69) is 37.5 Å². The minimum absolute atomic E-state index is 0.231. The summed E-state index contributed by atoms with van der Waals surface area (Å²) in [5.41, 5.74) is 4.83. The summed E-state index contributed by atoms with van der Waals surface area (Å²) < 4.78 is 5.30. The highest BCUT2D eigenvalue weighted by molar-refractivity contribution is 7.80. The molecule has 1 amide bonds. The van der Waals surface area contributed by atoms with Gasteiger partial charge in [-0.25, -0.2) is 4.79 Å². The molecule has 5 nitrogen and oxygen atoms in total. The van der Waals surface area contributed by atoms with Crippen molar-refractivity contribution in [1.82, 2.24) is 10.2 Å². The second-order valence-electron chi connectivity index (χ2n) is 6.16. The smallest absolute Gasteiger partial charge is 0.410 e. The van der Waals surface area contributed by atoms with Gasteiger partial charge in [-0.15, -0.1) is 0 Å². The molecule has 0 spiro atoms. The average Bonchev–Trinajstić information content (AvgIpc) is 2.47. The van der Waals surface area contributed by atoms with E-state index >= 15 is 0 Å². The first-order valence-electron chi connectivity index (χ1n) is 8.42. The second-order valence-corrected chi connectivity index (χ2v) is 7.05. The molecule has 0 atom stereocenters. The van der Waals surface area contributed by atoms with Gasteiger partial charge in [-0.3, -0.25) is 0 Å². The number of nitrogens with zero attached hydrogens (tertiary/aromatic N) is 1. The number of carbonyl (C=O) groups excluding carboxylic acids is 1. The lowest BCUT2D eigenvalue weighted by Gasteiger charge is -2.26. The van der Waals surface area contributed by atoms with E-state index in [1.54, 1.807) is 4.90 Å². The molecule has 0 unspecified atom stereocenters. The molecule has 0 heterocycles. The minimum atomic E-state index is -0.419. The molecule has 7 heteroatoms. The molecule has 0 aliphatic rings. The topological polar surface area (TPSA) is 67.6 Å². The minimum Gasteiger partial charge on any atom is -0.444 e. The van der Waals surface area contributed by atoms with Crippen molar-refractivity contribution >= 4 is 31.4 Å². The number of hydrogen-bond acceptors (Lipinski definition) is 6. The zero-order chi connectivity index (χ0) is 18.1. The highest BCUT2D eigenvalue weighted by Gasteiger charge is 2.20. The number of rotatable bonds is 10. The summed E-state index contributed by atoms with van der Waals surface area (Å²) in [6.07, 6.45) is 2.91. The van der Waals surface area contributed by atoms with Crippen LogP contribution in [0.25, 0.3) is 0 Å². The standard InChI is InChI=1S/C11H23NO2S.C5H14N2S/c1-5-6-7-12(8-9-15)10(13)14-11(2,3)4;6-2-1-3-7-4-5-8/h15H,5-9H2,1-4H3;7-8H,1-6H2. The molecule has 0 fully saturated rings. The number of carbonyl (C=O) groups is 1. The van der Waals surface area contributed by atoms with Crippen LogP contribution in [0.3, 0.4) is 0 Å². The molecule has 23 heavy (non-hydrogen) atoms. The number of ether oxygens (including phenoxy) is 1. The fourth-order valence-electron chi connectivity index (χ4n) is 1.52. The van der Waals surface area contributed by atoms with E-state index < -0.39 is 5.60 Å². The molecule has 0 aliphatic heterocycles. The van der Waals surface area contributed by atoms with Gasteiger partial charge in [-0.05, 0) is 46.7 Å². The first kappa shape index (κ1) is 25.1. The van der Waals surface area contributed by atoms with Crippen LogP contribution in [-0.4, -0.2) is 60.8 Å². The van der Waals surface area contributed by atoms with Gasteiger partial charge in [0.15, 0.2) is 0 Å². The molecule has 3 N–H and O–H groups in total. The summed E-state index contributed by atoms with van der Waals surface area (Å²) in [4.78, 5) is 13.4. The van der Waals surface area contributed by atoms with Crippen LogP contribution in [0.4, 0.5) is 4.79 Å². The van der Waals surface area contributed by atoms with Gasteiger partial charge in [0.1, 0.15) is 5.60 Å². The van der Waals surface area contributed by atoms with Gasteiger partial charge in [-0.2, -0.15) is 25.3 Å². The first-order valence-corrected chi connectivity index (χ1v) is 9.69. The zero-order valence-electron chi connectivity index (χ0n) is 15.3. The molecule has 0 bridgehead atoms. The lowest BCUT2D eigenvalue weighted by molar-refractivity contribution is 0.0260. The van der Waals surface area contributed by atoms with Gasteiger partial charge < -0.3 is 20.7 Å². The zero-order valence-corrected chi connectivity index (χ0v) is 17.1. The molecule has 140 valence electrons. The fourth-order valence-corrected chi connectivity index (χ4v) is 1.92. The Bertz CT molecular complexity index is 269. The Kier molecular flexibility index (Phi) is 18.3. The van der Waals surface area contributed by atoms with E-state index in [0.717, 1.165) is 51.2 Å². The summed E-state index contributed by atoms with van der Waals surface area (Å²) in [5.74, 6) is 1.58. The number of amides is 1. The van der Waals surface area contributed by atoms with Crippen LogP contribution < -0.4 is 11.1 Å². The van der Waals surface area contributed by atoms with Crippen molar-refractivity contribution in [3.8, 4) is 0 Å². The van der Waals surface area contributed by atoms with Crippen molar-refractivity contribution in [2.45, 2.75) is 52.6 Å². The second kappa shape index (κ2) is 16.7. The number of nitrogens with one attached hydrogen (secondary N) is 1. The fraction of sp³-hybridized carbons (Fsp3) is 0.938. The third-order valence-electron chi connectivity index (χ3n) is 2.65. The third-order valence-corrected chi connectivity index (χ3v) is 3.07. The largest absolute Gasteiger partial charge is 0.444 e. The van der Waals surface area contributed by atoms with Crippen LogP contribution in [0, 0.1) is 0 Å². The molecule has 0 radical (unpaired) electrons. The Morgan fingerprint density at radius 3 is 2.22 bits per heavy atom. The maximum Gasteiger partial charge on any atom is 0.410 e. The summed E-state index contributed by atoms with van der Waals surface area (Å²) in [7, 11) is 0. The summed E-state index contributed by atoms with van der Waals surface area (Å²) >= 11 is 8.17. The van der Waals surface area contributed by atoms with Gasteiger partial charge in [0, 0.05) is 31.1 Å². The highest BCUT2D eigenvalue weighted by atomic mass is 32.1. The van der Waals surface area contributed by atoms with Crippen molar-refractivity contribution in [1.29, 1.82) is 0 Å². The maximum absolute atomic E-state index is 11.7. The first-order chi connectivity index (χ1) is 10.8. The van der Waals surface area contributed by atoms with Crippen molar-refractivity contribution in [2.24, 2.45) is 5.73 Å². The van der Waals surface area contributed by atoms with E-state index in [0.29, 0.717) is 12.3 Å². The van der Waals surface area contributed by atoms with Crippen molar-refractivity contribution in [3.05, 3.63) is 0 Å². The molecule has 0 saturated carbocycles. The molecule has 0 aliphatic carbocycles. The van der Waals surface area contributed by atoms with Gasteiger partial charge in [0.2, 0.25) is 0 Å². The molecule has 0 aromatic heterocycles. The molecule has 0 rings (SSSR count). The Labute approximate surface area is 153 Å². The maximum atomic E-state index is 11.7.